The Balaban J connectivity index is 1.14. The largest absolute Gasteiger partial charge is 0.455 e. The van der Waals surface area contributed by atoms with Gasteiger partial charge < -0.3 is 8.98 Å². The SMILES string of the molecule is c1ccc(-c2cc(-c3nc(-c4ccccc4)nc(-c4cccc5c4oc4ccccc45)n3)cc(-n3c4ccccc4c4c5sc6ccccc6c5ccc43)c2)cc1. The predicted molar refractivity (Wildman–Crippen MR) is 236 cm³/mol. The van der Waals surface area contributed by atoms with Crippen molar-refractivity contribution < 1.29 is 4.42 Å². The van der Waals surface area contributed by atoms with Crippen molar-refractivity contribution in [3.63, 3.8) is 0 Å². The quantitative estimate of drug-likeness (QED) is 0.176. The highest BCUT2D eigenvalue weighted by molar-refractivity contribution is 7.26. The third-order valence-electron chi connectivity index (χ3n) is 11.0. The Kier molecular flexibility index (Phi) is 7.03. The Hall–Kier alpha value is -7.41. The lowest BCUT2D eigenvalue weighted by atomic mass is 10.0. The summed E-state index contributed by atoms with van der Waals surface area (Å²) in [5.41, 5.74) is 9.71. The van der Waals surface area contributed by atoms with E-state index in [1.54, 1.807) is 0 Å². The molecule has 0 spiro atoms. The summed E-state index contributed by atoms with van der Waals surface area (Å²) in [6, 6.07) is 63.8. The minimum Gasteiger partial charge on any atom is -0.455 e. The van der Waals surface area contributed by atoms with Gasteiger partial charge in [-0.15, -0.1) is 11.3 Å². The molecule has 0 saturated carbocycles. The van der Waals surface area contributed by atoms with Crippen LogP contribution in [0.15, 0.2) is 186 Å². The molecule has 0 bridgehead atoms. The Morgan fingerprint density at radius 3 is 1.91 bits per heavy atom. The number of hydrogen-bond donors (Lipinski definition) is 0. The third-order valence-corrected chi connectivity index (χ3v) is 12.2. The number of para-hydroxylation sites is 3. The van der Waals surface area contributed by atoms with Crippen LogP contribution in [-0.4, -0.2) is 19.5 Å². The van der Waals surface area contributed by atoms with E-state index in [2.05, 4.69) is 132 Å². The lowest BCUT2D eigenvalue weighted by Crippen LogP contribution is -2.02. The molecule has 5 nitrogen and oxygen atoms in total. The first-order chi connectivity index (χ1) is 28.2. The standard InChI is InChI=1S/C51H30N4OS/c1-3-14-31(15-4-1)33-28-34(30-35(29-33)55-42-23-10-7-20-40(42)46-43(55)27-26-39-37-19-9-12-25-45(37)57-48(39)46)50-52-49(32-16-5-2-6-17-32)53-51(54-50)41-22-13-21-38-36-18-8-11-24-44(36)56-47(38)41/h1-30H. The van der Waals surface area contributed by atoms with E-state index in [-0.39, 0.29) is 0 Å². The van der Waals surface area contributed by atoms with Crippen LogP contribution in [0.2, 0.25) is 0 Å². The summed E-state index contributed by atoms with van der Waals surface area (Å²) in [5, 5.41) is 7.16. The van der Waals surface area contributed by atoms with Crippen molar-refractivity contribution >= 4 is 75.3 Å². The van der Waals surface area contributed by atoms with Crippen LogP contribution in [0.25, 0.3) is 115 Å². The molecular formula is C51H30N4OS. The van der Waals surface area contributed by atoms with Gasteiger partial charge in [-0.05, 0) is 59.7 Å². The summed E-state index contributed by atoms with van der Waals surface area (Å²) >= 11 is 1.87. The van der Waals surface area contributed by atoms with Crippen molar-refractivity contribution in [2.24, 2.45) is 0 Å². The van der Waals surface area contributed by atoms with Crippen LogP contribution in [0, 0.1) is 0 Å². The van der Waals surface area contributed by atoms with Gasteiger partial charge in [0.1, 0.15) is 11.2 Å². The summed E-state index contributed by atoms with van der Waals surface area (Å²) in [6.07, 6.45) is 0. The summed E-state index contributed by atoms with van der Waals surface area (Å²) in [4.78, 5) is 15.6. The van der Waals surface area contributed by atoms with Gasteiger partial charge in [0.25, 0.3) is 0 Å². The molecule has 0 unspecified atom stereocenters. The molecule has 0 amide bonds. The van der Waals surface area contributed by atoms with Crippen LogP contribution in [-0.2, 0) is 0 Å². The van der Waals surface area contributed by atoms with E-state index in [1.807, 2.05) is 65.9 Å². The Bertz CT molecular complexity index is 3530. The fourth-order valence-corrected chi connectivity index (χ4v) is 9.70. The first-order valence-electron chi connectivity index (χ1n) is 19.0. The summed E-state index contributed by atoms with van der Waals surface area (Å²) < 4.78 is 11.5. The number of aromatic nitrogens is 4. The number of benzene rings is 8. The molecule has 266 valence electrons. The van der Waals surface area contributed by atoms with E-state index < -0.39 is 0 Å². The monoisotopic (exact) mass is 746 g/mol. The maximum Gasteiger partial charge on any atom is 0.167 e. The van der Waals surface area contributed by atoms with E-state index in [1.165, 1.54) is 30.9 Å². The Labute approximate surface area is 330 Å². The summed E-state index contributed by atoms with van der Waals surface area (Å²) in [7, 11) is 0. The zero-order valence-corrected chi connectivity index (χ0v) is 31.2. The molecule has 0 N–H and O–H groups in total. The van der Waals surface area contributed by atoms with Gasteiger partial charge in [-0.25, -0.2) is 15.0 Å². The zero-order chi connectivity index (χ0) is 37.5. The molecule has 0 aliphatic carbocycles. The molecule has 0 atom stereocenters. The smallest absolute Gasteiger partial charge is 0.167 e. The van der Waals surface area contributed by atoms with Crippen molar-refractivity contribution in [3.8, 4) is 51.0 Å². The Morgan fingerprint density at radius 1 is 0.421 bits per heavy atom. The van der Waals surface area contributed by atoms with Crippen LogP contribution >= 0.6 is 11.3 Å². The molecule has 8 aromatic carbocycles. The second kappa shape index (κ2) is 12.6. The summed E-state index contributed by atoms with van der Waals surface area (Å²) in [5.74, 6) is 1.73. The van der Waals surface area contributed by atoms with E-state index >= 15 is 0 Å². The van der Waals surface area contributed by atoms with E-state index in [0.29, 0.717) is 17.5 Å². The summed E-state index contributed by atoms with van der Waals surface area (Å²) in [6.45, 7) is 0. The molecule has 0 fully saturated rings. The fourth-order valence-electron chi connectivity index (χ4n) is 8.44. The zero-order valence-electron chi connectivity index (χ0n) is 30.4. The number of thiophene rings is 1. The highest BCUT2D eigenvalue weighted by atomic mass is 32.1. The second-order valence-electron chi connectivity index (χ2n) is 14.4. The third kappa shape index (κ3) is 5.04. The van der Waals surface area contributed by atoms with Crippen LogP contribution < -0.4 is 0 Å². The lowest BCUT2D eigenvalue weighted by Gasteiger charge is -2.14. The molecule has 0 radical (unpaired) electrons. The molecule has 57 heavy (non-hydrogen) atoms. The van der Waals surface area contributed by atoms with Crippen molar-refractivity contribution in [2.75, 3.05) is 0 Å². The van der Waals surface area contributed by atoms with E-state index in [0.717, 1.165) is 66.5 Å². The van der Waals surface area contributed by atoms with Gasteiger partial charge >= 0.3 is 0 Å². The molecule has 0 aliphatic rings. The van der Waals surface area contributed by atoms with E-state index in [4.69, 9.17) is 19.4 Å². The van der Waals surface area contributed by atoms with Gasteiger partial charge in [-0.2, -0.15) is 0 Å². The molecule has 6 heteroatoms. The van der Waals surface area contributed by atoms with Crippen LogP contribution in [0.4, 0.5) is 0 Å². The molecule has 12 rings (SSSR count). The number of furan rings is 1. The van der Waals surface area contributed by atoms with Crippen molar-refractivity contribution in [1.29, 1.82) is 0 Å². The molecular weight excluding hydrogens is 717 g/mol. The maximum absolute atomic E-state index is 6.50. The minimum atomic E-state index is 0.555. The molecule has 0 aliphatic heterocycles. The number of nitrogens with zero attached hydrogens (tertiary/aromatic N) is 4. The van der Waals surface area contributed by atoms with Gasteiger partial charge in [-0.3, -0.25) is 0 Å². The molecule has 12 aromatic rings. The van der Waals surface area contributed by atoms with Gasteiger partial charge in [0, 0.05) is 58.5 Å². The van der Waals surface area contributed by atoms with Crippen LogP contribution in [0.3, 0.4) is 0 Å². The lowest BCUT2D eigenvalue weighted by molar-refractivity contribution is 0.669. The first-order valence-corrected chi connectivity index (χ1v) is 19.8. The van der Waals surface area contributed by atoms with Crippen molar-refractivity contribution in [3.05, 3.63) is 182 Å². The van der Waals surface area contributed by atoms with Gasteiger partial charge in [0.15, 0.2) is 17.5 Å². The Morgan fingerprint density at radius 2 is 1.07 bits per heavy atom. The maximum atomic E-state index is 6.50. The second-order valence-corrected chi connectivity index (χ2v) is 15.4. The normalized spacial score (nSPS) is 11.9. The van der Waals surface area contributed by atoms with E-state index in [9.17, 15) is 0 Å². The molecule has 4 heterocycles. The minimum absolute atomic E-state index is 0.555. The molecule has 4 aromatic heterocycles. The van der Waals surface area contributed by atoms with Crippen LogP contribution in [0.5, 0.6) is 0 Å². The van der Waals surface area contributed by atoms with Gasteiger partial charge in [-0.1, -0.05) is 133 Å². The predicted octanol–water partition coefficient (Wildman–Crippen LogP) is 13.9. The van der Waals surface area contributed by atoms with Crippen LogP contribution in [0.1, 0.15) is 0 Å². The van der Waals surface area contributed by atoms with Gasteiger partial charge in [0.2, 0.25) is 0 Å². The van der Waals surface area contributed by atoms with Crippen molar-refractivity contribution in [2.45, 2.75) is 0 Å². The van der Waals surface area contributed by atoms with Crippen molar-refractivity contribution in [1.82, 2.24) is 19.5 Å². The number of rotatable bonds is 5. The average molecular weight is 747 g/mol. The highest BCUT2D eigenvalue weighted by Gasteiger charge is 2.21. The van der Waals surface area contributed by atoms with Gasteiger partial charge in [0.05, 0.1) is 16.6 Å². The average Bonchev–Trinajstić information content (AvgIpc) is 3.96. The number of fused-ring (bicyclic) bond motifs is 10. The number of hydrogen-bond acceptors (Lipinski definition) is 5. The highest BCUT2D eigenvalue weighted by Crippen LogP contribution is 2.44. The topological polar surface area (TPSA) is 56.7 Å². The first kappa shape index (κ1) is 31.9. The fraction of sp³-hybridized carbons (Fsp3) is 0. The molecule has 0 saturated heterocycles.